The number of rotatable bonds is 5. The number of hydrogen-bond donors (Lipinski definition) is 2. The molecule has 116 valence electrons. The molecular formula is C13H10Cl2N3O3S-. The minimum absolute atomic E-state index is 0.0471. The van der Waals surface area contributed by atoms with Crippen molar-refractivity contribution in [3.8, 4) is 10.4 Å². The molecule has 0 atom stereocenters. The molecule has 0 radical (unpaired) electrons. The number of benzene rings is 1. The Morgan fingerprint density at radius 2 is 1.95 bits per heavy atom. The van der Waals surface area contributed by atoms with Crippen molar-refractivity contribution < 1.29 is 14.7 Å². The largest absolute Gasteiger partial charge is 0.530 e. The van der Waals surface area contributed by atoms with Gasteiger partial charge in [-0.05, 0) is 6.07 Å². The number of carboxylic acid groups (broad SMARTS) is 1. The summed E-state index contributed by atoms with van der Waals surface area (Å²) < 4.78 is 0. The van der Waals surface area contributed by atoms with Crippen LogP contribution in [0.5, 0.6) is 0 Å². The number of halogens is 2. The van der Waals surface area contributed by atoms with Gasteiger partial charge in [0.05, 0.1) is 20.4 Å². The Morgan fingerprint density at radius 1 is 1.23 bits per heavy atom. The van der Waals surface area contributed by atoms with Crippen molar-refractivity contribution in [1.29, 1.82) is 0 Å². The fraction of sp³-hybridized carbons (Fsp3) is 0.154. The zero-order valence-electron chi connectivity index (χ0n) is 11.1. The molecule has 0 fully saturated rings. The lowest BCUT2D eigenvalue weighted by Crippen LogP contribution is -2.41. The van der Waals surface area contributed by atoms with Crippen LogP contribution in [0, 0.1) is 0 Å². The van der Waals surface area contributed by atoms with E-state index in [1.807, 2.05) is 5.32 Å². The molecule has 0 saturated heterocycles. The lowest BCUT2D eigenvalue weighted by atomic mass is 10.1. The number of thiazole rings is 1. The summed E-state index contributed by atoms with van der Waals surface area (Å²) in [5.41, 5.74) is 2.36. The smallest absolute Gasteiger partial charge is 0.271 e. The second-order valence-electron chi connectivity index (χ2n) is 4.10. The van der Waals surface area contributed by atoms with Gasteiger partial charge in [-0.25, -0.2) is 4.98 Å². The lowest BCUT2D eigenvalue weighted by molar-refractivity contribution is -0.250. The molecule has 0 spiro atoms. The summed E-state index contributed by atoms with van der Waals surface area (Å²) in [5, 5.41) is 15.5. The summed E-state index contributed by atoms with van der Waals surface area (Å²) in [7, 11) is 0. The minimum atomic E-state index is -1.39. The third kappa shape index (κ3) is 3.88. The van der Waals surface area contributed by atoms with Crippen LogP contribution in [-0.2, 0) is 0 Å². The maximum Gasteiger partial charge on any atom is 0.271 e. The predicted octanol–water partition coefficient (Wildman–Crippen LogP) is 1.78. The molecule has 0 aliphatic carbocycles. The third-order valence-electron chi connectivity index (χ3n) is 2.66. The quantitative estimate of drug-likeness (QED) is 0.796. The summed E-state index contributed by atoms with van der Waals surface area (Å²) >= 11 is 13.4. The van der Waals surface area contributed by atoms with Gasteiger partial charge in [0.15, 0.2) is 0 Å². The molecule has 2 rings (SSSR count). The van der Waals surface area contributed by atoms with Gasteiger partial charge in [0.1, 0.15) is 11.8 Å². The fourth-order valence-corrected chi connectivity index (χ4v) is 2.97. The molecule has 2 aromatic rings. The van der Waals surface area contributed by atoms with Crippen molar-refractivity contribution in [1.82, 2.24) is 15.6 Å². The maximum absolute atomic E-state index is 12.1. The van der Waals surface area contributed by atoms with Crippen molar-refractivity contribution in [3.63, 3.8) is 0 Å². The van der Waals surface area contributed by atoms with E-state index >= 15 is 0 Å². The number of hydrogen-bond acceptors (Lipinski definition) is 5. The van der Waals surface area contributed by atoms with Gasteiger partial charge in [0.2, 0.25) is 0 Å². The minimum Gasteiger partial charge on any atom is -0.530 e. The molecule has 0 bridgehead atoms. The molecule has 6 nitrogen and oxygen atoms in total. The predicted molar refractivity (Wildman–Crippen MR) is 83.3 cm³/mol. The second kappa shape index (κ2) is 7.44. The van der Waals surface area contributed by atoms with Crippen LogP contribution in [0.1, 0.15) is 10.5 Å². The van der Waals surface area contributed by atoms with Crippen LogP contribution in [0.15, 0.2) is 23.7 Å². The highest BCUT2D eigenvalue weighted by Gasteiger charge is 2.18. The van der Waals surface area contributed by atoms with Crippen molar-refractivity contribution in [2.45, 2.75) is 0 Å². The Balaban J connectivity index is 2.14. The fourth-order valence-electron chi connectivity index (χ4n) is 1.70. The van der Waals surface area contributed by atoms with Crippen LogP contribution in [0.4, 0.5) is 4.79 Å². The topological polar surface area (TPSA) is 94.1 Å². The number of amides is 2. The molecule has 2 N–H and O–H groups in total. The first-order chi connectivity index (χ1) is 10.5. The molecule has 0 unspecified atom stereocenters. The van der Waals surface area contributed by atoms with E-state index in [4.69, 9.17) is 23.2 Å². The van der Waals surface area contributed by atoms with Crippen LogP contribution in [-0.4, -0.2) is 30.1 Å². The first kappa shape index (κ1) is 16.5. The molecular weight excluding hydrogens is 349 g/mol. The Morgan fingerprint density at radius 3 is 2.68 bits per heavy atom. The zero-order valence-corrected chi connectivity index (χ0v) is 13.4. The molecule has 9 heteroatoms. The lowest BCUT2D eigenvalue weighted by Gasteiger charge is -2.09. The normalized spacial score (nSPS) is 10.3. The standard InChI is InChI=1S/C13H11Cl2N3O3S/c14-8-3-1-2-7(9(8)15)11-10(18-6-22-11)12(19)16-4-5-17-13(20)21/h1-3,6,17H,4-5H2,(H,16,19)(H,20,21)/p-1. The van der Waals surface area contributed by atoms with Gasteiger partial charge in [-0.3, -0.25) is 4.79 Å². The second-order valence-corrected chi connectivity index (χ2v) is 5.74. The van der Waals surface area contributed by atoms with Crippen LogP contribution >= 0.6 is 34.5 Å². The Hall–Kier alpha value is -1.83. The summed E-state index contributed by atoms with van der Waals surface area (Å²) in [6, 6.07) is 5.13. The van der Waals surface area contributed by atoms with Crippen molar-refractivity contribution in [3.05, 3.63) is 39.4 Å². The molecule has 1 aromatic heterocycles. The first-order valence-corrected chi connectivity index (χ1v) is 7.75. The van der Waals surface area contributed by atoms with Gasteiger partial charge in [-0.1, -0.05) is 35.3 Å². The van der Waals surface area contributed by atoms with E-state index in [-0.39, 0.29) is 18.8 Å². The molecule has 0 aliphatic heterocycles. The van der Waals surface area contributed by atoms with E-state index in [0.717, 1.165) is 0 Å². The van der Waals surface area contributed by atoms with Gasteiger partial charge in [0, 0.05) is 18.7 Å². The van der Waals surface area contributed by atoms with Crippen LogP contribution in [0.2, 0.25) is 10.0 Å². The first-order valence-electron chi connectivity index (χ1n) is 6.11. The van der Waals surface area contributed by atoms with Crippen LogP contribution in [0.3, 0.4) is 0 Å². The van der Waals surface area contributed by atoms with Gasteiger partial charge >= 0.3 is 0 Å². The van der Waals surface area contributed by atoms with Gasteiger partial charge < -0.3 is 20.5 Å². The summed E-state index contributed by atoms with van der Waals surface area (Å²) in [5.74, 6) is -0.424. The average molecular weight is 359 g/mol. The van der Waals surface area contributed by atoms with Crippen molar-refractivity contribution in [2.75, 3.05) is 13.1 Å². The monoisotopic (exact) mass is 358 g/mol. The van der Waals surface area contributed by atoms with Crippen LogP contribution in [0.25, 0.3) is 10.4 Å². The van der Waals surface area contributed by atoms with Crippen molar-refractivity contribution in [2.24, 2.45) is 0 Å². The number of nitrogens with zero attached hydrogens (tertiary/aromatic N) is 1. The third-order valence-corrected chi connectivity index (χ3v) is 4.34. The molecule has 1 aromatic carbocycles. The number of nitrogens with one attached hydrogen (secondary N) is 2. The summed E-state index contributed by atoms with van der Waals surface area (Å²) in [4.78, 5) is 26.9. The highest BCUT2D eigenvalue weighted by molar-refractivity contribution is 7.13. The molecule has 1 heterocycles. The van der Waals surface area contributed by atoms with Crippen LogP contribution < -0.4 is 15.7 Å². The maximum atomic E-state index is 12.1. The number of aromatic nitrogens is 1. The highest BCUT2D eigenvalue weighted by Crippen LogP contribution is 2.37. The van der Waals surface area contributed by atoms with E-state index in [1.54, 1.807) is 18.2 Å². The van der Waals surface area contributed by atoms with Crippen molar-refractivity contribution >= 4 is 46.5 Å². The van der Waals surface area contributed by atoms with Gasteiger partial charge in [-0.15, -0.1) is 11.3 Å². The number of carbonyl (C=O) groups excluding carboxylic acids is 2. The zero-order chi connectivity index (χ0) is 16.1. The molecule has 22 heavy (non-hydrogen) atoms. The summed E-state index contributed by atoms with van der Waals surface area (Å²) in [6.07, 6.45) is -1.39. The SMILES string of the molecule is O=C([O-])NCCNC(=O)c1ncsc1-c1cccc(Cl)c1Cl. The summed E-state index contributed by atoms with van der Waals surface area (Å²) in [6.45, 7) is 0.165. The van der Waals surface area contributed by atoms with E-state index in [1.165, 1.54) is 16.8 Å². The van der Waals surface area contributed by atoms with Gasteiger partial charge in [-0.2, -0.15) is 0 Å². The van der Waals surface area contributed by atoms with E-state index in [2.05, 4.69) is 10.3 Å². The Kier molecular flexibility index (Phi) is 5.59. The highest BCUT2D eigenvalue weighted by atomic mass is 35.5. The molecule has 0 saturated carbocycles. The van der Waals surface area contributed by atoms with E-state index in [0.29, 0.717) is 20.5 Å². The number of carbonyl (C=O) groups is 2. The molecule has 2 amide bonds. The Bertz CT molecular complexity index is 706. The molecule has 0 aliphatic rings. The average Bonchev–Trinajstić information content (AvgIpc) is 2.95. The van der Waals surface area contributed by atoms with E-state index in [9.17, 15) is 14.7 Å². The van der Waals surface area contributed by atoms with Gasteiger partial charge in [0.25, 0.3) is 5.91 Å². The Labute approximate surface area is 140 Å². The van der Waals surface area contributed by atoms with E-state index < -0.39 is 12.0 Å².